The van der Waals surface area contributed by atoms with Gasteiger partial charge >= 0.3 is 0 Å². The molecule has 0 amide bonds. The first-order chi connectivity index (χ1) is 9.19. The number of piperidine rings is 1. The van der Waals surface area contributed by atoms with Crippen LogP contribution < -0.4 is 11.2 Å². The maximum absolute atomic E-state index is 8.66. The second-order valence-electron chi connectivity index (χ2n) is 5.11. The first-order valence-electron chi connectivity index (χ1n) is 6.70. The summed E-state index contributed by atoms with van der Waals surface area (Å²) in [7, 11) is 0. The third-order valence-electron chi connectivity index (χ3n) is 3.65. The molecule has 1 heterocycles. The summed E-state index contributed by atoms with van der Waals surface area (Å²) >= 11 is 0. The zero-order chi connectivity index (χ0) is 13.7. The van der Waals surface area contributed by atoms with Gasteiger partial charge in [-0.15, -0.1) is 0 Å². The molecule has 1 fully saturated rings. The standard InChI is InChI=1S/C14H22N4O/c1-11-9-13(16-14(15)17-19)7-8-18(11)10-12-5-3-2-4-6-12/h2-6,11,13,19H,7-10H2,1H3,(H3,15,16,17). The lowest BCUT2D eigenvalue weighted by atomic mass is 9.98. The lowest BCUT2D eigenvalue weighted by Gasteiger charge is -2.36. The summed E-state index contributed by atoms with van der Waals surface area (Å²) in [6, 6.07) is 11.2. The van der Waals surface area contributed by atoms with Gasteiger partial charge in [-0.3, -0.25) is 10.1 Å². The maximum Gasteiger partial charge on any atom is 0.213 e. The predicted molar refractivity (Wildman–Crippen MR) is 75.9 cm³/mol. The van der Waals surface area contributed by atoms with Crippen molar-refractivity contribution in [3.63, 3.8) is 0 Å². The van der Waals surface area contributed by atoms with Gasteiger partial charge in [0.05, 0.1) is 6.04 Å². The Hall–Kier alpha value is -1.59. The minimum atomic E-state index is 0.105. The van der Waals surface area contributed by atoms with Crippen molar-refractivity contribution in [1.29, 1.82) is 0 Å². The number of nitrogens with two attached hydrogens (primary N) is 1. The van der Waals surface area contributed by atoms with Crippen molar-refractivity contribution in [3.8, 4) is 0 Å². The molecule has 104 valence electrons. The molecule has 1 aromatic rings. The lowest BCUT2D eigenvalue weighted by molar-refractivity contribution is 0.139. The maximum atomic E-state index is 8.66. The van der Waals surface area contributed by atoms with E-state index in [-0.39, 0.29) is 12.0 Å². The molecule has 1 aliphatic rings. The quantitative estimate of drug-likeness (QED) is 0.436. The zero-order valence-electron chi connectivity index (χ0n) is 11.3. The van der Waals surface area contributed by atoms with E-state index in [1.165, 1.54) is 5.56 Å². The topological polar surface area (TPSA) is 73.9 Å². The van der Waals surface area contributed by atoms with Crippen molar-refractivity contribution in [2.24, 2.45) is 10.7 Å². The Morgan fingerprint density at radius 1 is 1.47 bits per heavy atom. The molecule has 0 aliphatic carbocycles. The Balaban J connectivity index is 1.90. The van der Waals surface area contributed by atoms with Gasteiger partial charge in [-0.1, -0.05) is 30.3 Å². The first kappa shape index (κ1) is 13.8. The van der Waals surface area contributed by atoms with Crippen LogP contribution in [0.15, 0.2) is 35.3 Å². The molecule has 4 N–H and O–H groups in total. The van der Waals surface area contributed by atoms with Gasteiger partial charge in [-0.05, 0) is 25.3 Å². The van der Waals surface area contributed by atoms with Crippen LogP contribution in [-0.2, 0) is 6.54 Å². The molecule has 1 aromatic carbocycles. The number of nitrogens with one attached hydrogen (secondary N) is 1. The monoisotopic (exact) mass is 262 g/mol. The fourth-order valence-electron chi connectivity index (χ4n) is 2.59. The minimum Gasteiger partial charge on any atom is -0.368 e. The molecule has 0 radical (unpaired) electrons. The average Bonchev–Trinajstić information content (AvgIpc) is 2.43. The molecule has 2 atom stereocenters. The summed E-state index contributed by atoms with van der Waals surface area (Å²) in [6.45, 7) is 4.20. The molecule has 5 heteroatoms. The minimum absolute atomic E-state index is 0.105. The normalized spacial score (nSPS) is 25.3. The van der Waals surface area contributed by atoms with Crippen molar-refractivity contribution in [2.75, 3.05) is 6.54 Å². The number of hydrogen-bond donors (Lipinski definition) is 3. The Bertz CT molecular complexity index is 421. The number of guanidine groups is 1. The van der Waals surface area contributed by atoms with Crippen LogP contribution in [0.25, 0.3) is 0 Å². The second kappa shape index (κ2) is 6.54. The Kier molecular flexibility index (Phi) is 4.76. The van der Waals surface area contributed by atoms with Crippen LogP contribution in [0, 0.1) is 0 Å². The fourth-order valence-corrected chi connectivity index (χ4v) is 2.59. The number of rotatable bonds is 3. The van der Waals surface area contributed by atoms with Crippen molar-refractivity contribution in [1.82, 2.24) is 10.4 Å². The molecule has 19 heavy (non-hydrogen) atoms. The summed E-state index contributed by atoms with van der Waals surface area (Å²) < 4.78 is 0. The van der Waals surface area contributed by atoms with Gasteiger partial charge in [-0.2, -0.15) is 0 Å². The Morgan fingerprint density at radius 3 is 2.84 bits per heavy atom. The SMILES string of the molecule is CC1CC(N=C(N)NO)CCN1Cc1ccccc1. The highest BCUT2D eigenvalue weighted by Gasteiger charge is 2.25. The van der Waals surface area contributed by atoms with Crippen LogP contribution in [-0.4, -0.2) is 34.7 Å². The fraction of sp³-hybridized carbons (Fsp3) is 0.500. The van der Waals surface area contributed by atoms with Gasteiger partial charge < -0.3 is 5.73 Å². The number of benzene rings is 1. The van der Waals surface area contributed by atoms with Crippen molar-refractivity contribution in [3.05, 3.63) is 35.9 Å². The summed E-state index contributed by atoms with van der Waals surface area (Å²) in [5.74, 6) is 0.105. The number of hydrogen-bond acceptors (Lipinski definition) is 3. The van der Waals surface area contributed by atoms with E-state index >= 15 is 0 Å². The van der Waals surface area contributed by atoms with Crippen molar-refractivity contribution < 1.29 is 5.21 Å². The Morgan fingerprint density at radius 2 is 2.21 bits per heavy atom. The molecule has 0 aromatic heterocycles. The van der Waals surface area contributed by atoms with E-state index in [0.717, 1.165) is 25.9 Å². The van der Waals surface area contributed by atoms with Gasteiger partial charge in [0, 0.05) is 19.1 Å². The van der Waals surface area contributed by atoms with Crippen molar-refractivity contribution >= 4 is 5.96 Å². The van der Waals surface area contributed by atoms with Crippen LogP contribution in [0.5, 0.6) is 0 Å². The molecular formula is C14H22N4O. The third kappa shape index (κ3) is 3.94. The van der Waals surface area contributed by atoms with E-state index in [1.807, 2.05) is 11.5 Å². The number of aliphatic imine (C=N–C) groups is 1. The van der Waals surface area contributed by atoms with Crippen LogP contribution in [0.4, 0.5) is 0 Å². The van der Waals surface area contributed by atoms with E-state index in [0.29, 0.717) is 6.04 Å². The lowest BCUT2D eigenvalue weighted by Crippen LogP contribution is -2.42. The van der Waals surface area contributed by atoms with Gasteiger partial charge in [-0.25, -0.2) is 10.5 Å². The highest BCUT2D eigenvalue weighted by atomic mass is 16.5. The van der Waals surface area contributed by atoms with E-state index in [4.69, 9.17) is 10.9 Å². The highest BCUT2D eigenvalue weighted by molar-refractivity contribution is 5.76. The van der Waals surface area contributed by atoms with E-state index in [2.05, 4.69) is 41.1 Å². The summed E-state index contributed by atoms with van der Waals surface area (Å²) in [6.07, 6.45) is 1.94. The molecule has 0 spiro atoms. The first-order valence-corrected chi connectivity index (χ1v) is 6.70. The zero-order valence-corrected chi connectivity index (χ0v) is 11.3. The van der Waals surface area contributed by atoms with E-state index < -0.39 is 0 Å². The molecule has 1 saturated heterocycles. The third-order valence-corrected chi connectivity index (χ3v) is 3.65. The molecular weight excluding hydrogens is 240 g/mol. The molecule has 1 aliphatic heterocycles. The number of nitrogens with zero attached hydrogens (tertiary/aromatic N) is 2. The molecule has 5 nitrogen and oxygen atoms in total. The summed E-state index contributed by atoms with van der Waals surface area (Å²) in [4.78, 5) is 6.72. The Labute approximate surface area is 114 Å². The van der Waals surface area contributed by atoms with Crippen LogP contribution in [0.3, 0.4) is 0 Å². The van der Waals surface area contributed by atoms with Crippen LogP contribution in [0.1, 0.15) is 25.3 Å². The predicted octanol–water partition coefficient (Wildman–Crippen LogP) is 1.33. The van der Waals surface area contributed by atoms with Gasteiger partial charge in [0.1, 0.15) is 0 Å². The highest BCUT2D eigenvalue weighted by Crippen LogP contribution is 2.21. The largest absolute Gasteiger partial charge is 0.368 e. The van der Waals surface area contributed by atoms with Crippen molar-refractivity contribution in [2.45, 2.75) is 38.4 Å². The van der Waals surface area contributed by atoms with E-state index in [9.17, 15) is 0 Å². The summed E-state index contributed by atoms with van der Waals surface area (Å²) in [5.41, 5.74) is 8.72. The molecule has 2 unspecified atom stereocenters. The van der Waals surface area contributed by atoms with Gasteiger partial charge in [0.15, 0.2) is 0 Å². The van der Waals surface area contributed by atoms with Gasteiger partial charge in [0.25, 0.3) is 0 Å². The van der Waals surface area contributed by atoms with E-state index in [1.54, 1.807) is 0 Å². The number of hydroxylamine groups is 1. The van der Waals surface area contributed by atoms with Crippen LogP contribution in [0.2, 0.25) is 0 Å². The second-order valence-corrected chi connectivity index (χ2v) is 5.11. The average molecular weight is 262 g/mol. The van der Waals surface area contributed by atoms with Gasteiger partial charge in [0.2, 0.25) is 5.96 Å². The van der Waals surface area contributed by atoms with Crippen LogP contribution >= 0.6 is 0 Å². The number of likely N-dealkylation sites (tertiary alicyclic amines) is 1. The molecule has 0 saturated carbocycles. The summed E-state index contributed by atoms with van der Waals surface area (Å²) in [5, 5.41) is 8.66. The molecule has 0 bridgehead atoms. The molecule has 2 rings (SSSR count). The smallest absolute Gasteiger partial charge is 0.213 e.